The molecule has 0 spiro atoms. The summed E-state index contributed by atoms with van der Waals surface area (Å²) >= 11 is 0. The van der Waals surface area contributed by atoms with Gasteiger partial charge in [0.05, 0.1) is 0 Å². The van der Waals surface area contributed by atoms with E-state index in [0.717, 1.165) is 6.07 Å². The zero-order valence-corrected chi connectivity index (χ0v) is 8.66. The number of halogens is 4. The summed E-state index contributed by atoms with van der Waals surface area (Å²) in [5.41, 5.74) is 10.7. The summed E-state index contributed by atoms with van der Waals surface area (Å²) in [5.74, 6) is -3.16. The maximum absolute atomic E-state index is 13.1. The first kappa shape index (κ1) is 14.2. The summed E-state index contributed by atoms with van der Waals surface area (Å²) in [6.45, 7) is 0.263. The first-order chi connectivity index (χ1) is 6.56. The molecule has 0 unspecified atom stereocenters. The number of nitrogens with two attached hydrogens (primary N) is 2. The Labute approximate surface area is 91.9 Å². The topological polar surface area (TPSA) is 52.0 Å². The van der Waals surface area contributed by atoms with Gasteiger partial charge in [0.15, 0.2) is 11.6 Å². The lowest BCUT2D eigenvalue weighted by Gasteiger charge is -2.11. The Bertz CT molecular complexity index is 333. The molecular formula is C9H12ClF3N2. The molecule has 1 rings (SSSR count). The minimum absolute atomic E-state index is 0. The molecule has 0 bridgehead atoms. The molecule has 6 heteroatoms. The van der Waals surface area contributed by atoms with Crippen LogP contribution in [0.3, 0.4) is 0 Å². The summed E-state index contributed by atoms with van der Waals surface area (Å²) in [4.78, 5) is 0. The number of rotatable bonds is 3. The lowest BCUT2D eigenvalue weighted by atomic mass is 10.0. The quantitative estimate of drug-likeness (QED) is 0.793. The lowest BCUT2D eigenvalue weighted by Crippen LogP contribution is -2.17. The lowest BCUT2D eigenvalue weighted by molar-refractivity contribution is 0.482. The van der Waals surface area contributed by atoms with Gasteiger partial charge in [-0.05, 0) is 19.0 Å². The van der Waals surface area contributed by atoms with Crippen LogP contribution in [0.25, 0.3) is 0 Å². The average Bonchev–Trinajstić information content (AvgIpc) is 2.11. The van der Waals surface area contributed by atoms with Crippen LogP contribution in [0, 0.1) is 17.5 Å². The van der Waals surface area contributed by atoms with Gasteiger partial charge < -0.3 is 11.5 Å². The van der Waals surface area contributed by atoms with Crippen LogP contribution in [0.15, 0.2) is 12.1 Å². The van der Waals surface area contributed by atoms with Gasteiger partial charge in [-0.1, -0.05) is 0 Å². The maximum Gasteiger partial charge on any atom is 0.161 e. The molecule has 0 fully saturated rings. The summed E-state index contributed by atoms with van der Waals surface area (Å²) in [6, 6.07) is 0.557. The Morgan fingerprint density at radius 2 is 1.60 bits per heavy atom. The molecule has 1 aromatic rings. The van der Waals surface area contributed by atoms with E-state index >= 15 is 0 Å². The van der Waals surface area contributed by atoms with E-state index in [1.165, 1.54) is 0 Å². The van der Waals surface area contributed by atoms with Crippen LogP contribution in [0.1, 0.15) is 18.0 Å². The summed E-state index contributed by atoms with van der Waals surface area (Å²) < 4.78 is 38.3. The minimum Gasteiger partial charge on any atom is -0.330 e. The van der Waals surface area contributed by atoms with E-state index in [4.69, 9.17) is 11.5 Å². The highest BCUT2D eigenvalue weighted by molar-refractivity contribution is 5.85. The van der Waals surface area contributed by atoms with Crippen LogP contribution in [-0.2, 0) is 0 Å². The van der Waals surface area contributed by atoms with E-state index in [9.17, 15) is 13.2 Å². The molecule has 0 radical (unpaired) electrons. The molecule has 0 heterocycles. The van der Waals surface area contributed by atoms with Gasteiger partial charge in [-0.2, -0.15) is 0 Å². The van der Waals surface area contributed by atoms with Gasteiger partial charge in [-0.3, -0.25) is 0 Å². The molecule has 0 amide bonds. The van der Waals surface area contributed by atoms with Crippen molar-refractivity contribution in [3.63, 3.8) is 0 Å². The molecule has 1 atom stereocenters. The van der Waals surface area contributed by atoms with Gasteiger partial charge >= 0.3 is 0 Å². The first-order valence-corrected chi connectivity index (χ1v) is 4.16. The van der Waals surface area contributed by atoms with Crippen molar-refractivity contribution in [1.82, 2.24) is 0 Å². The van der Waals surface area contributed by atoms with Crippen LogP contribution in [-0.4, -0.2) is 6.54 Å². The van der Waals surface area contributed by atoms with E-state index in [2.05, 4.69) is 0 Å². The highest BCUT2D eigenvalue weighted by Gasteiger charge is 2.14. The molecule has 0 aromatic heterocycles. The average molecular weight is 241 g/mol. The van der Waals surface area contributed by atoms with Crippen LogP contribution in [0.2, 0.25) is 0 Å². The molecule has 1 aromatic carbocycles. The molecule has 0 saturated heterocycles. The van der Waals surface area contributed by atoms with Crippen molar-refractivity contribution in [2.45, 2.75) is 12.5 Å². The fourth-order valence-corrected chi connectivity index (χ4v) is 1.16. The van der Waals surface area contributed by atoms with Gasteiger partial charge in [0.1, 0.15) is 5.82 Å². The molecule has 0 aliphatic carbocycles. The fraction of sp³-hybridized carbons (Fsp3) is 0.333. The van der Waals surface area contributed by atoms with E-state index in [0.29, 0.717) is 12.5 Å². The van der Waals surface area contributed by atoms with Gasteiger partial charge in [0.2, 0.25) is 0 Å². The number of hydrogen-bond donors (Lipinski definition) is 2. The maximum atomic E-state index is 13.1. The predicted molar refractivity (Wildman–Crippen MR) is 54.2 cm³/mol. The van der Waals surface area contributed by atoms with Crippen LogP contribution in [0.4, 0.5) is 13.2 Å². The van der Waals surface area contributed by atoms with Gasteiger partial charge in [-0.25, -0.2) is 13.2 Å². The standard InChI is InChI=1S/C9H11F3N2.ClH/c10-6-4-8(12)7(11)3-5(6)9(14)1-2-13;/h3-4,9H,1-2,13-14H2;1H/t9-;/m0./s1. The highest BCUT2D eigenvalue weighted by atomic mass is 35.5. The number of hydrogen-bond acceptors (Lipinski definition) is 2. The van der Waals surface area contributed by atoms with Crippen molar-refractivity contribution < 1.29 is 13.2 Å². The van der Waals surface area contributed by atoms with Crippen LogP contribution < -0.4 is 11.5 Å². The predicted octanol–water partition coefficient (Wildman–Crippen LogP) is 1.87. The largest absolute Gasteiger partial charge is 0.330 e. The summed E-state index contributed by atoms with van der Waals surface area (Å²) in [7, 11) is 0. The summed E-state index contributed by atoms with van der Waals surface area (Å²) in [5, 5.41) is 0. The Morgan fingerprint density at radius 3 is 2.13 bits per heavy atom. The monoisotopic (exact) mass is 240 g/mol. The molecule has 0 aliphatic rings. The van der Waals surface area contributed by atoms with E-state index in [1.54, 1.807) is 0 Å². The van der Waals surface area contributed by atoms with Gasteiger partial charge in [-0.15, -0.1) is 12.4 Å². The molecule has 4 N–H and O–H groups in total. The highest BCUT2D eigenvalue weighted by Crippen LogP contribution is 2.20. The second-order valence-electron chi connectivity index (χ2n) is 2.97. The SMILES string of the molecule is Cl.NCC[C@H](N)c1cc(F)c(F)cc1F. The van der Waals surface area contributed by atoms with Crippen molar-refractivity contribution in [3.05, 3.63) is 35.1 Å². The molecule has 0 saturated carbocycles. The second kappa shape index (κ2) is 5.95. The summed E-state index contributed by atoms with van der Waals surface area (Å²) in [6.07, 6.45) is 0.321. The van der Waals surface area contributed by atoms with Crippen molar-refractivity contribution in [1.29, 1.82) is 0 Å². The van der Waals surface area contributed by atoms with E-state index < -0.39 is 23.5 Å². The minimum atomic E-state index is -1.22. The molecule has 2 nitrogen and oxygen atoms in total. The van der Waals surface area contributed by atoms with Crippen LogP contribution in [0.5, 0.6) is 0 Å². The normalized spacial score (nSPS) is 12.1. The van der Waals surface area contributed by atoms with Crippen molar-refractivity contribution in [3.8, 4) is 0 Å². The van der Waals surface area contributed by atoms with E-state index in [-0.39, 0.29) is 24.5 Å². The second-order valence-corrected chi connectivity index (χ2v) is 2.97. The third-order valence-corrected chi connectivity index (χ3v) is 1.92. The van der Waals surface area contributed by atoms with Gasteiger partial charge in [0.25, 0.3) is 0 Å². The third-order valence-electron chi connectivity index (χ3n) is 1.92. The molecule has 0 aliphatic heterocycles. The third kappa shape index (κ3) is 3.37. The Balaban J connectivity index is 0.00000196. The van der Waals surface area contributed by atoms with E-state index in [1.807, 2.05) is 0 Å². The fourth-order valence-electron chi connectivity index (χ4n) is 1.16. The number of benzene rings is 1. The first-order valence-electron chi connectivity index (χ1n) is 4.16. The van der Waals surface area contributed by atoms with Crippen molar-refractivity contribution in [2.24, 2.45) is 11.5 Å². The van der Waals surface area contributed by atoms with Crippen molar-refractivity contribution >= 4 is 12.4 Å². The van der Waals surface area contributed by atoms with Crippen LogP contribution >= 0.6 is 12.4 Å². The Kier molecular flexibility index (Phi) is 5.64. The zero-order valence-electron chi connectivity index (χ0n) is 7.84. The molecule has 15 heavy (non-hydrogen) atoms. The van der Waals surface area contributed by atoms with Crippen molar-refractivity contribution in [2.75, 3.05) is 6.54 Å². The smallest absolute Gasteiger partial charge is 0.161 e. The Morgan fingerprint density at radius 1 is 1.07 bits per heavy atom. The Hall–Kier alpha value is -0.780. The molecule has 86 valence electrons. The van der Waals surface area contributed by atoms with Gasteiger partial charge in [0, 0.05) is 17.7 Å². The molecular weight excluding hydrogens is 229 g/mol. The zero-order chi connectivity index (χ0) is 10.7.